The molecule has 0 atom stereocenters. The van der Waals surface area contributed by atoms with Crippen molar-refractivity contribution in [2.24, 2.45) is 7.05 Å². The first-order valence-electron chi connectivity index (χ1n) is 5.25. The van der Waals surface area contributed by atoms with Crippen LogP contribution < -0.4 is 0 Å². The summed E-state index contributed by atoms with van der Waals surface area (Å²) in [7, 11) is 1.82. The zero-order valence-electron chi connectivity index (χ0n) is 9.44. The summed E-state index contributed by atoms with van der Waals surface area (Å²) in [5.74, 6) is -0.135. The summed E-state index contributed by atoms with van der Waals surface area (Å²) < 4.78 is 15.2. The summed E-state index contributed by atoms with van der Waals surface area (Å²) in [4.78, 5) is 0. The lowest BCUT2D eigenvalue weighted by atomic mass is 10.1. The van der Waals surface area contributed by atoms with Crippen molar-refractivity contribution in [3.63, 3.8) is 0 Å². The van der Waals surface area contributed by atoms with Crippen LogP contribution in [-0.4, -0.2) is 15.0 Å². The minimum absolute atomic E-state index is 0.135. The average molecular weight is 219 g/mol. The summed E-state index contributed by atoms with van der Waals surface area (Å²) >= 11 is 0. The van der Waals surface area contributed by atoms with E-state index in [-0.39, 0.29) is 5.82 Å². The zero-order chi connectivity index (χ0) is 11.5. The highest BCUT2D eigenvalue weighted by Crippen LogP contribution is 2.12. The smallest absolute Gasteiger partial charge is 0.126 e. The van der Waals surface area contributed by atoms with E-state index in [1.807, 2.05) is 32.3 Å². The van der Waals surface area contributed by atoms with Crippen LogP contribution in [0, 0.1) is 12.7 Å². The molecule has 4 heteroatoms. The van der Waals surface area contributed by atoms with Gasteiger partial charge in [0.1, 0.15) is 5.82 Å². The molecule has 0 bridgehead atoms. The summed E-state index contributed by atoms with van der Waals surface area (Å²) in [6.45, 7) is 1.88. The molecule has 1 aromatic heterocycles. The largest absolute Gasteiger partial charge is 0.255 e. The summed E-state index contributed by atoms with van der Waals surface area (Å²) in [5.41, 5.74) is 2.57. The van der Waals surface area contributed by atoms with Crippen molar-refractivity contribution in [1.29, 1.82) is 0 Å². The number of hydrogen-bond acceptors (Lipinski definition) is 2. The van der Waals surface area contributed by atoms with E-state index in [0.29, 0.717) is 12.8 Å². The monoisotopic (exact) mass is 219 g/mol. The fraction of sp³-hybridized carbons (Fsp3) is 0.333. The predicted molar refractivity (Wildman–Crippen MR) is 59.5 cm³/mol. The number of halogens is 1. The van der Waals surface area contributed by atoms with Crippen molar-refractivity contribution in [1.82, 2.24) is 15.0 Å². The molecule has 2 rings (SSSR count). The van der Waals surface area contributed by atoms with Crippen LogP contribution in [0.15, 0.2) is 24.4 Å². The van der Waals surface area contributed by atoms with Crippen LogP contribution in [0.4, 0.5) is 4.39 Å². The maximum absolute atomic E-state index is 13.5. The van der Waals surface area contributed by atoms with E-state index in [2.05, 4.69) is 10.3 Å². The Kier molecular flexibility index (Phi) is 2.99. The molecule has 84 valence electrons. The van der Waals surface area contributed by atoms with Gasteiger partial charge in [-0.1, -0.05) is 17.3 Å². The molecule has 3 nitrogen and oxygen atoms in total. The molecule has 0 saturated carbocycles. The lowest BCUT2D eigenvalue weighted by molar-refractivity contribution is 0.606. The van der Waals surface area contributed by atoms with Gasteiger partial charge in [0.25, 0.3) is 0 Å². The summed E-state index contributed by atoms with van der Waals surface area (Å²) in [6.07, 6.45) is 3.23. The Hall–Kier alpha value is -1.71. The molecule has 0 aliphatic carbocycles. The third kappa shape index (κ3) is 2.45. The zero-order valence-corrected chi connectivity index (χ0v) is 9.44. The van der Waals surface area contributed by atoms with Crippen molar-refractivity contribution >= 4 is 0 Å². The second kappa shape index (κ2) is 4.43. The van der Waals surface area contributed by atoms with Crippen molar-refractivity contribution in [3.05, 3.63) is 47.0 Å². The van der Waals surface area contributed by atoms with E-state index < -0.39 is 0 Å². The van der Waals surface area contributed by atoms with Crippen LogP contribution in [0.1, 0.15) is 16.8 Å². The molecular weight excluding hydrogens is 205 g/mol. The van der Waals surface area contributed by atoms with Crippen LogP contribution in [0.25, 0.3) is 0 Å². The first-order chi connectivity index (χ1) is 7.65. The van der Waals surface area contributed by atoms with Gasteiger partial charge in [-0.15, -0.1) is 5.10 Å². The Bertz CT molecular complexity index is 491. The maximum atomic E-state index is 13.5. The van der Waals surface area contributed by atoms with Gasteiger partial charge in [0.05, 0.1) is 5.69 Å². The third-order valence-corrected chi connectivity index (χ3v) is 2.51. The van der Waals surface area contributed by atoms with Crippen molar-refractivity contribution in [2.75, 3.05) is 0 Å². The average Bonchev–Trinajstić information content (AvgIpc) is 2.63. The number of hydrogen-bond donors (Lipinski definition) is 0. The van der Waals surface area contributed by atoms with Crippen LogP contribution in [0.5, 0.6) is 0 Å². The van der Waals surface area contributed by atoms with Crippen LogP contribution in [0.3, 0.4) is 0 Å². The van der Waals surface area contributed by atoms with Crippen molar-refractivity contribution in [2.45, 2.75) is 19.8 Å². The first kappa shape index (κ1) is 10.8. The van der Waals surface area contributed by atoms with Crippen LogP contribution in [0.2, 0.25) is 0 Å². The Morgan fingerprint density at radius 1 is 1.31 bits per heavy atom. The Balaban J connectivity index is 2.04. The molecule has 0 aliphatic rings. The molecular formula is C12H14FN3. The number of rotatable bonds is 3. The molecule has 0 fully saturated rings. The highest BCUT2D eigenvalue weighted by Gasteiger charge is 2.04. The summed E-state index contributed by atoms with van der Waals surface area (Å²) in [6, 6.07) is 5.32. The number of aromatic nitrogens is 3. The van der Waals surface area contributed by atoms with E-state index in [1.165, 1.54) is 0 Å². The molecule has 0 spiro atoms. The van der Waals surface area contributed by atoms with Gasteiger partial charge in [-0.2, -0.15) is 0 Å². The van der Waals surface area contributed by atoms with E-state index >= 15 is 0 Å². The minimum atomic E-state index is -0.135. The van der Waals surface area contributed by atoms with E-state index in [4.69, 9.17) is 0 Å². The van der Waals surface area contributed by atoms with E-state index in [0.717, 1.165) is 16.8 Å². The second-order valence-electron chi connectivity index (χ2n) is 3.98. The van der Waals surface area contributed by atoms with Crippen LogP contribution in [-0.2, 0) is 19.9 Å². The highest BCUT2D eigenvalue weighted by atomic mass is 19.1. The van der Waals surface area contributed by atoms with Gasteiger partial charge in [0, 0.05) is 13.2 Å². The predicted octanol–water partition coefficient (Wildman–Crippen LogP) is 2.05. The number of aryl methyl sites for hydroxylation is 4. The van der Waals surface area contributed by atoms with Gasteiger partial charge in [0.15, 0.2) is 0 Å². The molecule has 0 amide bonds. The van der Waals surface area contributed by atoms with E-state index in [1.54, 1.807) is 10.7 Å². The van der Waals surface area contributed by atoms with Gasteiger partial charge in [-0.25, -0.2) is 4.39 Å². The lowest BCUT2D eigenvalue weighted by Gasteiger charge is -2.02. The Labute approximate surface area is 93.9 Å². The SMILES string of the molecule is Cc1ccc(CCc2cn(C)nn2)c(F)c1. The standard InChI is InChI=1S/C12H14FN3/c1-9-3-4-10(12(13)7-9)5-6-11-8-16(2)15-14-11/h3-4,7-8H,5-6H2,1-2H3. The van der Waals surface area contributed by atoms with Gasteiger partial charge < -0.3 is 0 Å². The second-order valence-corrected chi connectivity index (χ2v) is 3.98. The van der Waals surface area contributed by atoms with Gasteiger partial charge in [-0.05, 0) is 37.0 Å². The lowest BCUT2D eigenvalue weighted by Crippen LogP contribution is -1.95. The molecule has 0 saturated heterocycles. The molecule has 16 heavy (non-hydrogen) atoms. The number of benzene rings is 1. The Morgan fingerprint density at radius 3 is 2.75 bits per heavy atom. The molecule has 0 N–H and O–H groups in total. The van der Waals surface area contributed by atoms with Crippen molar-refractivity contribution < 1.29 is 4.39 Å². The fourth-order valence-corrected chi connectivity index (χ4v) is 1.63. The third-order valence-electron chi connectivity index (χ3n) is 2.51. The molecule has 0 radical (unpaired) electrons. The highest BCUT2D eigenvalue weighted by molar-refractivity contribution is 5.24. The molecule has 1 aromatic carbocycles. The summed E-state index contributed by atoms with van der Waals surface area (Å²) in [5, 5.41) is 7.81. The molecule has 2 aromatic rings. The van der Waals surface area contributed by atoms with Gasteiger partial charge >= 0.3 is 0 Å². The van der Waals surface area contributed by atoms with Crippen LogP contribution >= 0.6 is 0 Å². The first-order valence-corrected chi connectivity index (χ1v) is 5.25. The Morgan fingerprint density at radius 2 is 2.12 bits per heavy atom. The van der Waals surface area contributed by atoms with E-state index in [9.17, 15) is 4.39 Å². The minimum Gasteiger partial charge on any atom is -0.255 e. The maximum Gasteiger partial charge on any atom is 0.126 e. The van der Waals surface area contributed by atoms with Gasteiger partial charge in [-0.3, -0.25) is 4.68 Å². The van der Waals surface area contributed by atoms with Gasteiger partial charge in [0.2, 0.25) is 0 Å². The van der Waals surface area contributed by atoms with Crippen molar-refractivity contribution in [3.8, 4) is 0 Å². The molecule has 0 aliphatic heterocycles. The quantitative estimate of drug-likeness (QED) is 0.791. The number of nitrogens with zero attached hydrogens (tertiary/aromatic N) is 3. The topological polar surface area (TPSA) is 30.7 Å². The normalized spacial score (nSPS) is 10.7. The molecule has 0 unspecified atom stereocenters. The fourth-order valence-electron chi connectivity index (χ4n) is 1.63. The molecule has 1 heterocycles.